The van der Waals surface area contributed by atoms with E-state index in [-0.39, 0.29) is 18.4 Å². The van der Waals surface area contributed by atoms with Crippen LogP contribution in [0.15, 0.2) is 41.9 Å². The van der Waals surface area contributed by atoms with E-state index in [1.165, 1.54) is 11.3 Å². The number of hydrogen-bond acceptors (Lipinski definition) is 4. The van der Waals surface area contributed by atoms with E-state index in [4.69, 9.17) is 0 Å². The molecule has 2 amide bonds. The standard InChI is InChI=1S/C15H15N3O2S/c19-14-9-17-15(20)12(8-11-4-2-1-3-5-11)18(14)10-13-16-6-7-21-13/h1-7,12H,8-10H2,(H,17,20). The van der Waals surface area contributed by atoms with E-state index in [0.717, 1.165) is 10.6 Å². The zero-order valence-corrected chi connectivity index (χ0v) is 12.2. The Balaban J connectivity index is 1.82. The summed E-state index contributed by atoms with van der Waals surface area (Å²) in [5, 5.41) is 5.38. The summed E-state index contributed by atoms with van der Waals surface area (Å²) >= 11 is 1.49. The first kappa shape index (κ1) is 13.8. The van der Waals surface area contributed by atoms with Crippen LogP contribution in [0.3, 0.4) is 0 Å². The van der Waals surface area contributed by atoms with Crippen LogP contribution in [-0.2, 0) is 22.6 Å². The Morgan fingerprint density at radius 2 is 2.10 bits per heavy atom. The summed E-state index contributed by atoms with van der Waals surface area (Å²) in [4.78, 5) is 30.1. The highest BCUT2D eigenvalue weighted by atomic mass is 32.1. The largest absolute Gasteiger partial charge is 0.345 e. The monoisotopic (exact) mass is 301 g/mol. The number of rotatable bonds is 4. The van der Waals surface area contributed by atoms with Gasteiger partial charge in [-0.15, -0.1) is 11.3 Å². The van der Waals surface area contributed by atoms with Crippen LogP contribution in [0.2, 0.25) is 0 Å². The molecule has 0 aliphatic carbocycles. The van der Waals surface area contributed by atoms with Gasteiger partial charge < -0.3 is 10.2 Å². The summed E-state index contributed by atoms with van der Waals surface area (Å²) in [7, 11) is 0. The highest BCUT2D eigenvalue weighted by Crippen LogP contribution is 2.17. The van der Waals surface area contributed by atoms with Crippen molar-refractivity contribution in [1.29, 1.82) is 0 Å². The third kappa shape index (κ3) is 3.11. The van der Waals surface area contributed by atoms with Crippen molar-refractivity contribution in [3.05, 3.63) is 52.5 Å². The number of benzene rings is 1. The van der Waals surface area contributed by atoms with Crippen LogP contribution in [0.5, 0.6) is 0 Å². The van der Waals surface area contributed by atoms with Crippen molar-refractivity contribution in [1.82, 2.24) is 15.2 Å². The lowest BCUT2D eigenvalue weighted by Gasteiger charge is -2.34. The first-order chi connectivity index (χ1) is 10.2. The van der Waals surface area contributed by atoms with Crippen molar-refractivity contribution in [3.8, 4) is 0 Å². The van der Waals surface area contributed by atoms with Crippen LogP contribution in [0.1, 0.15) is 10.6 Å². The van der Waals surface area contributed by atoms with Crippen LogP contribution < -0.4 is 5.32 Å². The summed E-state index contributed by atoms with van der Waals surface area (Å²) in [6.45, 7) is 0.455. The van der Waals surface area contributed by atoms with E-state index < -0.39 is 6.04 Å². The van der Waals surface area contributed by atoms with Crippen molar-refractivity contribution in [3.63, 3.8) is 0 Å². The molecule has 2 aromatic rings. The van der Waals surface area contributed by atoms with E-state index in [1.54, 1.807) is 11.1 Å². The van der Waals surface area contributed by atoms with E-state index in [9.17, 15) is 9.59 Å². The van der Waals surface area contributed by atoms with Crippen LogP contribution in [0.4, 0.5) is 0 Å². The molecular formula is C15H15N3O2S. The molecule has 1 saturated heterocycles. The Hall–Kier alpha value is -2.21. The molecule has 0 saturated carbocycles. The number of thiazole rings is 1. The van der Waals surface area contributed by atoms with Crippen molar-refractivity contribution in [2.45, 2.75) is 19.0 Å². The second kappa shape index (κ2) is 6.05. The zero-order chi connectivity index (χ0) is 14.7. The maximum absolute atomic E-state index is 12.2. The van der Waals surface area contributed by atoms with Crippen molar-refractivity contribution in [2.24, 2.45) is 0 Å². The Labute approximate surface area is 126 Å². The van der Waals surface area contributed by atoms with Gasteiger partial charge in [0.1, 0.15) is 11.0 Å². The Morgan fingerprint density at radius 1 is 1.29 bits per heavy atom. The number of amides is 2. The maximum atomic E-state index is 12.2. The van der Waals surface area contributed by atoms with Gasteiger partial charge in [-0.25, -0.2) is 4.98 Å². The summed E-state index contributed by atoms with van der Waals surface area (Å²) < 4.78 is 0. The molecule has 0 spiro atoms. The molecule has 2 heterocycles. The number of nitrogens with zero attached hydrogens (tertiary/aromatic N) is 2. The Morgan fingerprint density at radius 3 is 2.81 bits per heavy atom. The number of carbonyl (C=O) groups excluding carboxylic acids is 2. The van der Waals surface area contributed by atoms with Gasteiger partial charge in [-0.1, -0.05) is 30.3 Å². The second-order valence-electron chi connectivity index (χ2n) is 4.87. The van der Waals surface area contributed by atoms with Crippen molar-refractivity contribution in [2.75, 3.05) is 6.54 Å². The molecule has 0 bridgehead atoms. The van der Waals surface area contributed by atoms with E-state index in [0.29, 0.717) is 13.0 Å². The number of piperazine rings is 1. The zero-order valence-electron chi connectivity index (χ0n) is 11.4. The smallest absolute Gasteiger partial charge is 0.243 e. The fourth-order valence-corrected chi connectivity index (χ4v) is 3.03. The normalized spacial score (nSPS) is 18.7. The number of nitrogens with one attached hydrogen (secondary N) is 1. The van der Waals surface area contributed by atoms with Crippen LogP contribution in [0, 0.1) is 0 Å². The molecule has 1 aromatic heterocycles. The minimum atomic E-state index is -0.474. The first-order valence-electron chi connectivity index (χ1n) is 6.73. The van der Waals surface area contributed by atoms with Gasteiger partial charge >= 0.3 is 0 Å². The number of aromatic nitrogens is 1. The molecule has 1 N–H and O–H groups in total. The Bertz CT molecular complexity index is 628. The molecule has 1 aliphatic heterocycles. The highest BCUT2D eigenvalue weighted by molar-refractivity contribution is 7.09. The summed E-state index contributed by atoms with van der Waals surface area (Å²) in [6.07, 6.45) is 2.23. The van der Waals surface area contributed by atoms with Gasteiger partial charge in [-0.2, -0.15) is 0 Å². The predicted molar refractivity (Wildman–Crippen MR) is 79.6 cm³/mol. The fraction of sp³-hybridized carbons (Fsp3) is 0.267. The minimum Gasteiger partial charge on any atom is -0.345 e. The van der Waals surface area contributed by atoms with Gasteiger partial charge in [-0.3, -0.25) is 9.59 Å². The van der Waals surface area contributed by atoms with Crippen molar-refractivity contribution >= 4 is 23.2 Å². The quantitative estimate of drug-likeness (QED) is 0.923. The van der Waals surface area contributed by atoms with Gasteiger partial charge in [0.2, 0.25) is 11.8 Å². The summed E-state index contributed by atoms with van der Waals surface area (Å²) in [5.41, 5.74) is 1.04. The molecule has 21 heavy (non-hydrogen) atoms. The number of carbonyl (C=O) groups is 2. The lowest BCUT2D eigenvalue weighted by Crippen LogP contribution is -2.58. The van der Waals surface area contributed by atoms with E-state index in [2.05, 4.69) is 10.3 Å². The SMILES string of the molecule is O=C1NCC(=O)N(Cc2nccs2)C1Cc1ccccc1. The third-order valence-corrected chi connectivity index (χ3v) is 4.24. The minimum absolute atomic E-state index is 0.0641. The molecule has 0 radical (unpaired) electrons. The molecule has 3 rings (SSSR count). The molecule has 1 atom stereocenters. The molecule has 1 unspecified atom stereocenters. The van der Waals surface area contributed by atoms with E-state index in [1.807, 2.05) is 35.7 Å². The number of hydrogen-bond donors (Lipinski definition) is 1. The molecule has 108 valence electrons. The topological polar surface area (TPSA) is 62.3 Å². The van der Waals surface area contributed by atoms with Gasteiger partial charge in [0, 0.05) is 18.0 Å². The fourth-order valence-electron chi connectivity index (χ4n) is 2.41. The van der Waals surface area contributed by atoms with Crippen LogP contribution in [0.25, 0.3) is 0 Å². The molecule has 1 aliphatic rings. The molecular weight excluding hydrogens is 286 g/mol. The summed E-state index contributed by atoms with van der Waals surface area (Å²) in [5.74, 6) is -0.166. The maximum Gasteiger partial charge on any atom is 0.243 e. The first-order valence-corrected chi connectivity index (χ1v) is 7.61. The molecule has 5 nitrogen and oxygen atoms in total. The molecule has 1 aromatic carbocycles. The van der Waals surface area contributed by atoms with Crippen LogP contribution >= 0.6 is 11.3 Å². The average Bonchev–Trinajstić information content (AvgIpc) is 3.01. The van der Waals surface area contributed by atoms with Gasteiger partial charge in [0.05, 0.1) is 13.1 Å². The van der Waals surface area contributed by atoms with Crippen LogP contribution in [-0.4, -0.2) is 34.3 Å². The van der Waals surface area contributed by atoms with E-state index >= 15 is 0 Å². The third-order valence-electron chi connectivity index (χ3n) is 3.47. The lowest BCUT2D eigenvalue weighted by molar-refractivity contribution is -0.146. The Kier molecular flexibility index (Phi) is 3.96. The van der Waals surface area contributed by atoms with Gasteiger partial charge in [0.15, 0.2) is 0 Å². The van der Waals surface area contributed by atoms with Gasteiger partial charge in [-0.05, 0) is 5.56 Å². The molecule has 1 fully saturated rings. The van der Waals surface area contributed by atoms with Gasteiger partial charge in [0.25, 0.3) is 0 Å². The predicted octanol–water partition coefficient (Wildman–Crippen LogP) is 1.21. The van der Waals surface area contributed by atoms with Crippen molar-refractivity contribution < 1.29 is 9.59 Å². The second-order valence-corrected chi connectivity index (χ2v) is 5.85. The average molecular weight is 301 g/mol. The lowest BCUT2D eigenvalue weighted by atomic mass is 10.0. The highest BCUT2D eigenvalue weighted by Gasteiger charge is 2.34. The molecule has 6 heteroatoms. The summed E-state index contributed by atoms with van der Waals surface area (Å²) in [6, 6.07) is 9.26.